The van der Waals surface area contributed by atoms with Crippen LogP contribution in [0.15, 0.2) is 96.3 Å². The third-order valence-electron chi connectivity index (χ3n) is 7.00. The molecule has 0 aliphatic carbocycles. The highest BCUT2D eigenvalue weighted by molar-refractivity contribution is 6.15. The Hall–Kier alpha value is -5.61. The number of carbonyl (C=O) groups excluding carboxylic acids is 3. The molecule has 0 fully saturated rings. The molecule has 252 valence electrons. The fourth-order valence-corrected chi connectivity index (χ4v) is 4.54. The zero-order valence-corrected chi connectivity index (χ0v) is 28.6. The number of aromatic hydroxyl groups is 1. The number of hydrogen-bond donors (Lipinski definition) is 5. The van der Waals surface area contributed by atoms with Gasteiger partial charge in [-0.1, -0.05) is 30.3 Å². The number of carbonyl (C=O) groups is 3. The molecule has 3 aromatic carbocycles. The summed E-state index contributed by atoms with van der Waals surface area (Å²) in [5.41, 5.74) is 17.4. The van der Waals surface area contributed by atoms with Gasteiger partial charge in [-0.2, -0.15) is 0 Å². The average molecular weight is 671 g/mol. The van der Waals surface area contributed by atoms with Gasteiger partial charge in [-0.15, -0.1) is 11.6 Å². The monoisotopic (exact) mass is 670 g/mol. The topological polar surface area (TPSA) is 167 Å². The quantitative estimate of drug-likeness (QED) is 0.0440. The number of H-pyrrole nitrogens is 1. The van der Waals surface area contributed by atoms with Gasteiger partial charge in [0, 0.05) is 66.5 Å². The SMILES string of the molecule is C/C(N)=C\C=C(/C)C=O.CCl.CN1CCc2c1cc(O)c1ccccc21.CNc1cc2cc(C=O)[nH]c2cn1.Nc1ccc(C=O)cc1. The van der Waals surface area contributed by atoms with Crippen LogP contribution in [0.3, 0.4) is 0 Å². The number of allylic oxidation sites excluding steroid dienone is 4. The third-order valence-corrected chi connectivity index (χ3v) is 7.00. The highest BCUT2D eigenvalue weighted by Crippen LogP contribution is 2.38. The molecule has 7 N–H and O–H groups in total. The summed E-state index contributed by atoms with van der Waals surface area (Å²) in [6.45, 7) is 4.55. The van der Waals surface area contributed by atoms with E-state index in [2.05, 4.69) is 44.9 Å². The van der Waals surface area contributed by atoms with Crippen LogP contribution in [0.1, 0.15) is 40.3 Å². The van der Waals surface area contributed by atoms with Crippen LogP contribution in [0.2, 0.25) is 0 Å². The van der Waals surface area contributed by atoms with Crippen molar-refractivity contribution in [1.82, 2.24) is 9.97 Å². The molecule has 0 saturated heterocycles. The maximum absolute atomic E-state index is 10.5. The van der Waals surface area contributed by atoms with E-state index in [0.717, 1.165) is 53.9 Å². The van der Waals surface area contributed by atoms with Crippen LogP contribution in [0.4, 0.5) is 17.2 Å². The first kappa shape index (κ1) is 38.6. The summed E-state index contributed by atoms with van der Waals surface area (Å²) in [5, 5.41) is 16.0. The molecule has 0 bridgehead atoms. The lowest BCUT2D eigenvalue weighted by Gasteiger charge is -2.13. The summed E-state index contributed by atoms with van der Waals surface area (Å²) in [6.07, 6.45) is 10.0. The van der Waals surface area contributed by atoms with E-state index in [1.807, 2.05) is 30.3 Å². The van der Waals surface area contributed by atoms with Gasteiger partial charge in [0.05, 0.1) is 17.4 Å². The number of likely N-dealkylation sites (N-methyl/N-ethyl adjacent to an activating group) is 1. The number of phenols is 1. The second kappa shape index (κ2) is 19.8. The summed E-state index contributed by atoms with van der Waals surface area (Å²) in [7, 11) is 3.88. The molecule has 0 amide bonds. The number of fused-ring (bicyclic) bond motifs is 4. The number of halogens is 1. The molecule has 1 aliphatic heterocycles. The van der Waals surface area contributed by atoms with Gasteiger partial charge in [0.25, 0.3) is 0 Å². The number of nitrogens with zero attached hydrogens (tertiary/aromatic N) is 2. The number of nitrogens with two attached hydrogens (primary N) is 2. The fourth-order valence-electron chi connectivity index (χ4n) is 4.54. The Morgan fingerprint density at radius 2 is 1.65 bits per heavy atom. The molecule has 0 radical (unpaired) electrons. The molecule has 0 unspecified atom stereocenters. The molecule has 5 aromatic rings. The zero-order valence-electron chi connectivity index (χ0n) is 27.8. The highest BCUT2D eigenvalue weighted by Gasteiger charge is 2.19. The Morgan fingerprint density at radius 3 is 2.23 bits per heavy atom. The first-order valence-electron chi connectivity index (χ1n) is 14.9. The van der Waals surface area contributed by atoms with Gasteiger partial charge >= 0.3 is 0 Å². The van der Waals surface area contributed by atoms with E-state index in [4.69, 9.17) is 11.5 Å². The number of aromatic nitrogens is 2. The molecule has 6 rings (SSSR count). The van der Waals surface area contributed by atoms with Crippen molar-refractivity contribution in [3.8, 4) is 5.75 Å². The van der Waals surface area contributed by atoms with Crippen molar-refractivity contribution in [3.63, 3.8) is 0 Å². The van der Waals surface area contributed by atoms with Crippen LogP contribution in [-0.2, 0) is 11.2 Å². The largest absolute Gasteiger partial charge is 0.507 e. The molecule has 0 saturated carbocycles. The molecule has 1 aliphatic rings. The maximum atomic E-state index is 10.5. The molecule has 0 spiro atoms. The van der Waals surface area contributed by atoms with Gasteiger partial charge in [-0.3, -0.25) is 14.4 Å². The van der Waals surface area contributed by atoms with Crippen molar-refractivity contribution in [2.24, 2.45) is 5.73 Å². The summed E-state index contributed by atoms with van der Waals surface area (Å²) in [5.74, 6) is 1.18. The number of nitrogens with one attached hydrogen (secondary N) is 2. The first-order valence-corrected chi connectivity index (χ1v) is 15.7. The minimum atomic E-state index is 0.387. The van der Waals surface area contributed by atoms with E-state index in [9.17, 15) is 19.5 Å². The van der Waals surface area contributed by atoms with Crippen molar-refractivity contribution in [3.05, 3.63) is 113 Å². The number of hydrogen-bond acceptors (Lipinski definition) is 9. The molecule has 3 heterocycles. The van der Waals surface area contributed by atoms with Gasteiger partial charge in [0.2, 0.25) is 0 Å². The minimum absolute atomic E-state index is 0.387. The Balaban J connectivity index is 0.000000224. The lowest BCUT2D eigenvalue weighted by atomic mass is 10.0. The molecule has 10 nitrogen and oxygen atoms in total. The third kappa shape index (κ3) is 11.3. The number of rotatable bonds is 5. The van der Waals surface area contributed by atoms with Crippen LogP contribution < -0.4 is 21.7 Å². The van der Waals surface area contributed by atoms with Crippen LogP contribution in [0.5, 0.6) is 5.75 Å². The van der Waals surface area contributed by atoms with E-state index in [0.29, 0.717) is 34.0 Å². The lowest BCUT2D eigenvalue weighted by Crippen LogP contribution is -2.12. The predicted molar refractivity (Wildman–Crippen MR) is 199 cm³/mol. The average Bonchev–Trinajstić information content (AvgIpc) is 3.71. The van der Waals surface area contributed by atoms with Gasteiger partial charge < -0.3 is 31.8 Å². The van der Waals surface area contributed by atoms with Gasteiger partial charge in [-0.05, 0) is 79.3 Å². The summed E-state index contributed by atoms with van der Waals surface area (Å²) in [4.78, 5) is 39.8. The first-order chi connectivity index (χ1) is 23.1. The number of aldehydes is 3. The highest BCUT2D eigenvalue weighted by atomic mass is 35.5. The Kier molecular flexibility index (Phi) is 15.9. The van der Waals surface area contributed by atoms with Gasteiger partial charge in [0.1, 0.15) is 24.1 Å². The summed E-state index contributed by atoms with van der Waals surface area (Å²) < 4.78 is 0. The number of nitrogen functional groups attached to an aromatic ring is 1. The second-order valence-electron chi connectivity index (χ2n) is 10.6. The van der Waals surface area contributed by atoms with Crippen LogP contribution in [0, 0.1) is 0 Å². The smallest absolute Gasteiger partial charge is 0.166 e. The minimum Gasteiger partial charge on any atom is -0.507 e. The molecule has 2 aromatic heterocycles. The second-order valence-corrected chi connectivity index (χ2v) is 10.6. The van der Waals surface area contributed by atoms with Crippen LogP contribution in [0.25, 0.3) is 21.7 Å². The van der Waals surface area contributed by atoms with Crippen LogP contribution >= 0.6 is 11.6 Å². The molecule has 11 heteroatoms. The van der Waals surface area contributed by atoms with E-state index in [-0.39, 0.29) is 0 Å². The van der Waals surface area contributed by atoms with Crippen molar-refractivity contribution < 1.29 is 19.5 Å². The molecule has 48 heavy (non-hydrogen) atoms. The molecular weight excluding hydrogens is 628 g/mol. The van der Waals surface area contributed by atoms with Crippen molar-refractivity contribution in [1.29, 1.82) is 0 Å². The van der Waals surface area contributed by atoms with Crippen molar-refractivity contribution >= 4 is 69.3 Å². The lowest BCUT2D eigenvalue weighted by molar-refractivity contribution is -0.104. The Labute approximate surface area is 286 Å². The fraction of sp³-hybridized carbons (Fsp3) is 0.189. The maximum Gasteiger partial charge on any atom is 0.166 e. The van der Waals surface area contributed by atoms with E-state index < -0.39 is 0 Å². The van der Waals surface area contributed by atoms with E-state index in [1.165, 1.54) is 23.0 Å². The van der Waals surface area contributed by atoms with E-state index >= 15 is 0 Å². The number of pyridine rings is 1. The summed E-state index contributed by atoms with van der Waals surface area (Å²) >= 11 is 4.64. The number of anilines is 3. The van der Waals surface area contributed by atoms with Crippen LogP contribution in [-0.4, -0.2) is 61.0 Å². The number of alkyl halides is 1. The number of benzene rings is 3. The Morgan fingerprint density at radius 1 is 0.979 bits per heavy atom. The zero-order chi connectivity index (χ0) is 35.6. The number of aromatic amines is 1. The predicted octanol–water partition coefficient (Wildman–Crippen LogP) is 6.89. The Bertz CT molecular complexity index is 1860. The molecule has 0 atom stereocenters. The van der Waals surface area contributed by atoms with Gasteiger partial charge in [0.15, 0.2) is 6.29 Å². The molecular formula is C37H43ClN6O4. The number of phenolic OH excluding ortho intramolecular Hbond substituents is 1. The normalized spacial score (nSPS) is 11.7. The van der Waals surface area contributed by atoms with E-state index in [1.54, 1.807) is 69.6 Å². The van der Waals surface area contributed by atoms with Gasteiger partial charge in [-0.25, -0.2) is 4.98 Å². The van der Waals surface area contributed by atoms with Crippen molar-refractivity contribution in [2.45, 2.75) is 20.3 Å². The summed E-state index contributed by atoms with van der Waals surface area (Å²) in [6, 6.07) is 20.4. The standard InChI is InChI=1S/C13H13NO.C9H9N3O.C7H7NO.C7H11NO.CH3Cl/c1-14-7-6-10-9-4-2-3-5-11(9)13(15)8-12(10)14;1-10-9-3-6-2-7(5-13)12-8(6)4-11-9;8-7-3-1-6(5-9)2-4-7;1-6(5-9)3-4-7(2)8;1-2/h2-5,8,15H,6-7H2,1H3;2-5,12H,1H3,(H,10,11);1-5H,8H2;3-5H,8H2,1-2H3;1H3/b;;;6-3+,7-4+;. The van der Waals surface area contributed by atoms with Crippen molar-refractivity contribution in [2.75, 3.05) is 43.0 Å².